The van der Waals surface area contributed by atoms with Crippen LogP contribution in [0.15, 0.2) is 30.3 Å². The first kappa shape index (κ1) is 14.5. The summed E-state index contributed by atoms with van der Waals surface area (Å²) in [5.41, 5.74) is 0.848. The van der Waals surface area contributed by atoms with E-state index in [2.05, 4.69) is 19.1 Å². The van der Waals surface area contributed by atoms with Gasteiger partial charge in [-0.3, -0.25) is 0 Å². The van der Waals surface area contributed by atoms with E-state index in [0.717, 1.165) is 12.8 Å². The Labute approximate surface area is 115 Å². The second kappa shape index (κ2) is 6.51. The van der Waals surface area contributed by atoms with Crippen molar-refractivity contribution in [3.63, 3.8) is 0 Å². The zero-order chi connectivity index (χ0) is 13.7. The fraction of sp³-hybridized carbons (Fsp3) is 0.625. The van der Waals surface area contributed by atoms with Gasteiger partial charge in [0.25, 0.3) is 0 Å². The molecule has 0 amide bonds. The molecule has 3 heteroatoms. The summed E-state index contributed by atoms with van der Waals surface area (Å²) in [6.45, 7) is 5.57. The Bertz CT molecular complexity index is 379. The molecule has 0 aromatic heterocycles. The average molecular weight is 264 g/mol. The molecular weight excluding hydrogens is 240 g/mol. The van der Waals surface area contributed by atoms with Crippen molar-refractivity contribution >= 4 is 0 Å². The average Bonchev–Trinajstić information content (AvgIpc) is 2.83. The first-order valence-corrected chi connectivity index (χ1v) is 7.03. The third-order valence-corrected chi connectivity index (χ3v) is 3.86. The lowest BCUT2D eigenvalue weighted by molar-refractivity contribution is -0.0873. The van der Waals surface area contributed by atoms with E-state index in [-0.39, 0.29) is 18.3 Å². The summed E-state index contributed by atoms with van der Waals surface area (Å²) in [5, 5.41) is 9.29. The summed E-state index contributed by atoms with van der Waals surface area (Å²) >= 11 is 0. The molecule has 1 aliphatic rings. The molecule has 0 radical (unpaired) electrons. The number of hydrogen-bond donors (Lipinski definition) is 1. The molecule has 1 aromatic rings. The van der Waals surface area contributed by atoms with Crippen molar-refractivity contribution in [3.05, 3.63) is 35.9 Å². The van der Waals surface area contributed by atoms with Gasteiger partial charge < -0.3 is 14.6 Å². The maximum absolute atomic E-state index is 9.29. The maximum atomic E-state index is 9.29. The highest BCUT2D eigenvalue weighted by molar-refractivity contribution is 5.13. The Morgan fingerprint density at radius 3 is 2.79 bits per heavy atom. The van der Waals surface area contributed by atoms with E-state index < -0.39 is 0 Å². The van der Waals surface area contributed by atoms with Gasteiger partial charge in [-0.05, 0) is 25.3 Å². The summed E-state index contributed by atoms with van der Waals surface area (Å²) in [7, 11) is 0. The molecule has 3 nitrogen and oxygen atoms in total. The van der Waals surface area contributed by atoms with Crippen molar-refractivity contribution in [1.29, 1.82) is 0 Å². The molecule has 1 unspecified atom stereocenters. The van der Waals surface area contributed by atoms with Crippen LogP contribution in [0.1, 0.15) is 32.3 Å². The molecule has 1 heterocycles. The third kappa shape index (κ3) is 4.03. The summed E-state index contributed by atoms with van der Waals surface area (Å²) in [6, 6.07) is 10.2. The molecule has 1 saturated heterocycles. The minimum Gasteiger partial charge on any atom is -0.393 e. The van der Waals surface area contributed by atoms with Crippen molar-refractivity contribution in [1.82, 2.24) is 0 Å². The predicted octanol–water partition coefficient (Wildman–Crippen LogP) is 2.77. The van der Waals surface area contributed by atoms with Gasteiger partial charge in [-0.2, -0.15) is 0 Å². The monoisotopic (exact) mass is 264 g/mol. The van der Waals surface area contributed by atoms with Crippen LogP contribution in [-0.2, 0) is 16.1 Å². The summed E-state index contributed by atoms with van der Waals surface area (Å²) in [4.78, 5) is 0. The first-order chi connectivity index (χ1) is 9.13. The fourth-order valence-corrected chi connectivity index (χ4v) is 2.49. The molecule has 0 bridgehead atoms. The van der Waals surface area contributed by atoms with Crippen molar-refractivity contribution in [2.75, 3.05) is 13.2 Å². The molecule has 1 N–H and O–H groups in total. The highest BCUT2D eigenvalue weighted by Crippen LogP contribution is 2.33. The molecule has 1 fully saturated rings. The highest BCUT2D eigenvalue weighted by Gasteiger charge is 2.37. The maximum Gasteiger partial charge on any atom is 0.0889 e. The van der Waals surface area contributed by atoms with E-state index in [1.165, 1.54) is 5.56 Å². The van der Waals surface area contributed by atoms with Crippen LogP contribution in [0.2, 0.25) is 0 Å². The molecule has 0 saturated carbocycles. The molecule has 2 rings (SSSR count). The Kier molecular flexibility index (Phi) is 4.97. The largest absolute Gasteiger partial charge is 0.393 e. The molecule has 0 aliphatic carbocycles. The van der Waals surface area contributed by atoms with Gasteiger partial charge in [-0.15, -0.1) is 0 Å². The first-order valence-electron chi connectivity index (χ1n) is 7.03. The molecule has 0 spiro atoms. The van der Waals surface area contributed by atoms with Crippen LogP contribution in [0, 0.1) is 5.92 Å². The number of rotatable bonds is 6. The molecule has 1 aliphatic heterocycles. The Hall–Kier alpha value is -0.900. The normalized spacial score (nSPS) is 28.5. The van der Waals surface area contributed by atoms with E-state index in [9.17, 15) is 5.11 Å². The van der Waals surface area contributed by atoms with Crippen LogP contribution >= 0.6 is 0 Å². The van der Waals surface area contributed by atoms with E-state index >= 15 is 0 Å². The molecule has 1 aromatic carbocycles. The number of aliphatic hydroxyl groups excluding tert-OH is 1. The number of benzene rings is 1. The van der Waals surface area contributed by atoms with Gasteiger partial charge in [0.15, 0.2) is 0 Å². The van der Waals surface area contributed by atoms with E-state index in [1.54, 1.807) is 0 Å². The molecular formula is C16H24O3. The third-order valence-electron chi connectivity index (χ3n) is 3.86. The summed E-state index contributed by atoms with van der Waals surface area (Å²) < 4.78 is 11.7. The van der Waals surface area contributed by atoms with Crippen molar-refractivity contribution in [2.45, 2.75) is 45.0 Å². The van der Waals surface area contributed by atoms with Gasteiger partial charge in [-0.1, -0.05) is 37.3 Å². The van der Waals surface area contributed by atoms with Gasteiger partial charge in [-0.25, -0.2) is 0 Å². The highest BCUT2D eigenvalue weighted by atomic mass is 16.5. The summed E-state index contributed by atoms with van der Waals surface area (Å²) in [6.07, 6.45) is 2.14. The topological polar surface area (TPSA) is 38.7 Å². The second-order valence-corrected chi connectivity index (χ2v) is 5.78. The van der Waals surface area contributed by atoms with Crippen molar-refractivity contribution < 1.29 is 14.6 Å². The van der Waals surface area contributed by atoms with Gasteiger partial charge in [0.2, 0.25) is 0 Å². The van der Waals surface area contributed by atoms with Gasteiger partial charge in [0, 0.05) is 5.92 Å². The van der Waals surface area contributed by atoms with Crippen molar-refractivity contribution in [2.24, 2.45) is 5.92 Å². The predicted molar refractivity (Wildman–Crippen MR) is 74.9 cm³/mol. The molecule has 19 heavy (non-hydrogen) atoms. The fourth-order valence-electron chi connectivity index (χ4n) is 2.49. The number of ether oxygens (including phenoxy) is 2. The van der Waals surface area contributed by atoms with E-state index in [1.807, 2.05) is 25.1 Å². The smallest absolute Gasteiger partial charge is 0.0889 e. The van der Waals surface area contributed by atoms with E-state index in [0.29, 0.717) is 19.1 Å². The van der Waals surface area contributed by atoms with Crippen LogP contribution in [0.4, 0.5) is 0 Å². The second-order valence-electron chi connectivity index (χ2n) is 5.78. The Morgan fingerprint density at radius 1 is 1.42 bits per heavy atom. The zero-order valence-corrected chi connectivity index (χ0v) is 11.8. The minimum absolute atomic E-state index is 0.0983. The van der Waals surface area contributed by atoms with Crippen LogP contribution in [0.5, 0.6) is 0 Å². The van der Waals surface area contributed by atoms with E-state index in [4.69, 9.17) is 9.47 Å². The SMILES string of the molecule is C[C@H](COCc1ccccc1)[C@@H]1CCC(C)(CO)O1. The number of hydrogen-bond acceptors (Lipinski definition) is 3. The number of aliphatic hydroxyl groups is 1. The Morgan fingerprint density at radius 2 is 2.16 bits per heavy atom. The quantitative estimate of drug-likeness (QED) is 0.858. The van der Waals surface area contributed by atoms with Crippen LogP contribution in [-0.4, -0.2) is 30.0 Å². The standard InChI is InChI=1S/C16H24O3/c1-13(15-8-9-16(2,12-17)19-15)10-18-11-14-6-4-3-5-7-14/h3-7,13,15,17H,8-12H2,1-2H3/t13-,15+,16?/m1/s1. The van der Waals surface area contributed by atoms with Gasteiger partial charge in [0.1, 0.15) is 0 Å². The van der Waals surface area contributed by atoms with Crippen LogP contribution in [0.3, 0.4) is 0 Å². The zero-order valence-electron chi connectivity index (χ0n) is 11.8. The lowest BCUT2D eigenvalue weighted by Gasteiger charge is -2.25. The molecule has 3 atom stereocenters. The van der Waals surface area contributed by atoms with Crippen LogP contribution in [0.25, 0.3) is 0 Å². The lowest BCUT2D eigenvalue weighted by Crippen LogP contribution is -2.32. The molecule has 106 valence electrons. The summed E-state index contributed by atoms with van der Waals surface area (Å²) in [5.74, 6) is 0.358. The van der Waals surface area contributed by atoms with Gasteiger partial charge >= 0.3 is 0 Å². The Balaban J connectivity index is 1.72. The minimum atomic E-state index is -0.349. The van der Waals surface area contributed by atoms with Crippen molar-refractivity contribution in [3.8, 4) is 0 Å². The lowest BCUT2D eigenvalue weighted by atomic mass is 10.00. The van der Waals surface area contributed by atoms with Gasteiger partial charge in [0.05, 0.1) is 31.5 Å². The van der Waals surface area contributed by atoms with Crippen LogP contribution < -0.4 is 0 Å².